The number of nitrogens with zero attached hydrogens (tertiary/aromatic N) is 1. The van der Waals surface area contributed by atoms with Crippen LogP contribution < -0.4 is 5.73 Å². The third-order valence-corrected chi connectivity index (χ3v) is 4.16. The van der Waals surface area contributed by atoms with E-state index in [9.17, 15) is 9.90 Å². The summed E-state index contributed by atoms with van der Waals surface area (Å²) in [5.41, 5.74) is 5.66. The van der Waals surface area contributed by atoms with Crippen LogP contribution in [-0.2, 0) is 9.53 Å². The molecule has 3 atom stereocenters. The second-order valence-electron chi connectivity index (χ2n) is 7.78. The molecule has 1 saturated carbocycles. The Kier molecular flexibility index (Phi) is 5.28. The maximum Gasteiger partial charge on any atom is 0.320 e. The van der Waals surface area contributed by atoms with Crippen LogP contribution in [0.2, 0.25) is 0 Å². The molecule has 0 aromatic rings. The fourth-order valence-corrected chi connectivity index (χ4v) is 3.22. The van der Waals surface area contributed by atoms with Crippen molar-refractivity contribution in [2.45, 2.75) is 64.2 Å². The lowest BCUT2D eigenvalue weighted by Crippen LogP contribution is -2.49. The first-order valence-corrected chi connectivity index (χ1v) is 8.11. The third-order valence-electron chi connectivity index (χ3n) is 4.16. The van der Waals surface area contributed by atoms with Crippen LogP contribution in [0, 0.1) is 11.8 Å². The molecular formula is C16H30N2O3. The van der Waals surface area contributed by atoms with Crippen LogP contribution in [0.1, 0.15) is 46.5 Å². The number of hydrogen-bond acceptors (Lipinski definition) is 5. The van der Waals surface area contributed by atoms with Gasteiger partial charge in [-0.3, -0.25) is 9.69 Å². The van der Waals surface area contributed by atoms with E-state index in [4.69, 9.17) is 10.5 Å². The topological polar surface area (TPSA) is 75.8 Å². The number of hydrogen-bond donors (Lipinski definition) is 2. The third kappa shape index (κ3) is 5.93. The zero-order chi connectivity index (χ0) is 15.6. The summed E-state index contributed by atoms with van der Waals surface area (Å²) >= 11 is 0. The minimum Gasteiger partial charge on any atom is -0.459 e. The van der Waals surface area contributed by atoms with Crippen molar-refractivity contribution in [1.29, 1.82) is 0 Å². The average molecular weight is 298 g/mol. The minimum atomic E-state index is -0.448. The molecule has 0 radical (unpaired) electrons. The normalized spacial score (nSPS) is 29.2. The SMILES string of the molecule is CC(C)(C)OC(=O)CN1CC(N)CC(CC(O)C2CC2)C1. The average Bonchev–Trinajstić information content (AvgIpc) is 3.07. The lowest BCUT2D eigenvalue weighted by molar-refractivity contribution is -0.156. The monoisotopic (exact) mass is 298 g/mol. The van der Waals surface area contributed by atoms with Gasteiger partial charge in [-0.1, -0.05) is 0 Å². The van der Waals surface area contributed by atoms with Gasteiger partial charge in [-0.25, -0.2) is 0 Å². The van der Waals surface area contributed by atoms with Crippen LogP contribution in [0.5, 0.6) is 0 Å². The summed E-state index contributed by atoms with van der Waals surface area (Å²) in [6.45, 7) is 7.48. The van der Waals surface area contributed by atoms with Gasteiger partial charge in [-0.15, -0.1) is 0 Å². The van der Waals surface area contributed by atoms with Gasteiger partial charge in [0.15, 0.2) is 0 Å². The molecule has 3 N–H and O–H groups in total. The van der Waals surface area contributed by atoms with E-state index in [1.165, 1.54) is 0 Å². The molecule has 5 heteroatoms. The highest BCUT2D eigenvalue weighted by molar-refractivity contribution is 5.72. The van der Waals surface area contributed by atoms with Crippen molar-refractivity contribution in [3.05, 3.63) is 0 Å². The Morgan fingerprint density at radius 3 is 2.62 bits per heavy atom. The molecule has 21 heavy (non-hydrogen) atoms. The van der Waals surface area contributed by atoms with Crippen molar-refractivity contribution in [2.24, 2.45) is 17.6 Å². The van der Waals surface area contributed by atoms with E-state index in [2.05, 4.69) is 4.90 Å². The van der Waals surface area contributed by atoms with Crippen molar-refractivity contribution in [3.8, 4) is 0 Å². The van der Waals surface area contributed by atoms with E-state index >= 15 is 0 Å². The van der Waals surface area contributed by atoms with Crippen LogP contribution in [0.4, 0.5) is 0 Å². The van der Waals surface area contributed by atoms with E-state index in [1.54, 1.807) is 0 Å². The Bertz CT molecular complexity index is 363. The molecule has 5 nitrogen and oxygen atoms in total. The molecular weight excluding hydrogens is 268 g/mol. The number of piperidine rings is 1. The predicted octanol–water partition coefficient (Wildman–Crippen LogP) is 1.14. The summed E-state index contributed by atoms with van der Waals surface area (Å²) in [7, 11) is 0. The maximum atomic E-state index is 11.9. The minimum absolute atomic E-state index is 0.0811. The number of aliphatic hydroxyl groups is 1. The van der Waals surface area contributed by atoms with E-state index in [0.29, 0.717) is 18.4 Å². The lowest BCUT2D eigenvalue weighted by atomic mass is 9.89. The van der Waals surface area contributed by atoms with Crippen LogP contribution in [0.15, 0.2) is 0 Å². The number of esters is 1. The molecule has 3 unspecified atom stereocenters. The van der Waals surface area contributed by atoms with Crippen molar-refractivity contribution >= 4 is 5.97 Å². The molecule has 0 bridgehead atoms. The number of carbonyl (C=O) groups is 1. The predicted molar refractivity (Wildman–Crippen MR) is 81.7 cm³/mol. The first kappa shape index (κ1) is 16.7. The van der Waals surface area contributed by atoms with Crippen molar-refractivity contribution in [3.63, 3.8) is 0 Å². The van der Waals surface area contributed by atoms with Crippen molar-refractivity contribution in [2.75, 3.05) is 19.6 Å². The van der Waals surface area contributed by atoms with E-state index in [1.807, 2.05) is 20.8 Å². The summed E-state index contributed by atoms with van der Waals surface area (Å²) in [6, 6.07) is 0.0811. The quantitative estimate of drug-likeness (QED) is 0.744. The summed E-state index contributed by atoms with van der Waals surface area (Å²) in [4.78, 5) is 14.0. The van der Waals surface area contributed by atoms with Gasteiger partial charge in [0.25, 0.3) is 0 Å². The van der Waals surface area contributed by atoms with Gasteiger partial charge in [-0.2, -0.15) is 0 Å². The highest BCUT2D eigenvalue weighted by Gasteiger charge is 2.34. The molecule has 0 aromatic heterocycles. The Labute approximate surface area is 127 Å². The molecule has 1 aliphatic heterocycles. The number of carbonyl (C=O) groups excluding carboxylic acids is 1. The molecule has 2 fully saturated rings. The molecule has 1 saturated heterocycles. The second kappa shape index (κ2) is 6.63. The van der Waals surface area contributed by atoms with Gasteiger partial charge in [0.1, 0.15) is 5.60 Å². The molecule has 1 aliphatic carbocycles. The van der Waals surface area contributed by atoms with Gasteiger partial charge in [0.05, 0.1) is 12.6 Å². The molecule has 1 heterocycles. The van der Waals surface area contributed by atoms with Crippen LogP contribution in [0.3, 0.4) is 0 Å². The largest absolute Gasteiger partial charge is 0.459 e. The Hall–Kier alpha value is -0.650. The van der Waals surface area contributed by atoms with E-state index in [-0.39, 0.29) is 18.1 Å². The lowest BCUT2D eigenvalue weighted by Gasteiger charge is -2.37. The van der Waals surface area contributed by atoms with Gasteiger partial charge < -0.3 is 15.6 Å². The first-order valence-electron chi connectivity index (χ1n) is 8.11. The number of ether oxygens (including phenoxy) is 1. The van der Waals surface area contributed by atoms with Gasteiger partial charge >= 0.3 is 5.97 Å². The molecule has 0 amide bonds. The molecule has 0 aromatic carbocycles. The Morgan fingerprint density at radius 1 is 1.38 bits per heavy atom. The first-order chi connectivity index (χ1) is 9.73. The maximum absolute atomic E-state index is 11.9. The van der Waals surface area contributed by atoms with Crippen molar-refractivity contribution < 1.29 is 14.6 Å². The number of rotatable bonds is 5. The van der Waals surface area contributed by atoms with Gasteiger partial charge in [0.2, 0.25) is 0 Å². The fraction of sp³-hybridized carbons (Fsp3) is 0.938. The number of likely N-dealkylation sites (tertiary alicyclic amines) is 1. The fourth-order valence-electron chi connectivity index (χ4n) is 3.22. The van der Waals surface area contributed by atoms with Crippen LogP contribution >= 0.6 is 0 Å². The summed E-state index contributed by atoms with van der Waals surface area (Å²) in [5.74, 6) is 0.687. The van der Waals surface area contributed by atoms with E-state index < -0.39 is 5.60 Å². The summed E-state index contributed by atoms with van der Waals surface area (Å²) in [5, 5.41) is 10.1. The van der Waals surface area contributed by atoms with Gasteiger partial charge in [-0.05, 0) is 58.3 Å². The van der Waals surface area contributed by atoms with E-state index in [0.717, 1.165) is 38.8 Å². The van der Waals surface area contributed by atoms with Gasteiger partial charge in [0, 0.05) is 19.1 Å². The number of nitrogens with two attached hydrogens (primary N) is 1. The summed E-state index contributed by atoms with van der Waals surface area (Å²) < 4.78 is 5.37. The summed E-state index contributed by atoms with van der Waals surface area (Å²) in [6.07, 6.45) is 3.87. The smallest absolute Gasteiger partial charge is 0.320 e. The molecule has 0 spiro atoms. The highest BCUT2D eigenvalue weighted by atomic mass is 16.6. The zero-order valence-corrected chi connectivity index (χ0v) is 13.5. The van der Waals surface area contributed by atoms with Crippen LogP contribution in [0.25, 0.3) is 0 Å². The second-order valence-corrected chi connectivity index (χ2v) is 7.78. The Morgan fingerprint density at radius 2 is 2.05 bits per heavy atom. The Balaban J connectivity index is 1.80. The standard InChI is InChI=1S/C16H30N2O3/c1-16(2,3)21-15(20)10-18-8-11(6-13(17)9-18)7-14(19)12-4-5-12/h11-14,19H,4-10,17H2,1-3H3. The number of aliphatic hydroxyl groups excluding tert-OH is 1. The van der Waals surface area contributed by atoms with Crippen LogP contribution in [-0.4, -0.2) is 53.4 Å². The zero-order valence-electron chi connectivity index (χ0n) is 13.5. The highest BCUT2D eigenvalue weighted by Crippen LogP contribution is 2.36. The van der Waals surface area contributed by atoms with Crippen molar-refractivity contribution in [1.82, 2.24) is 4.90 Å². The molecule has 2 aliphatic rings. The molecule has 122 valence electrons. The molecule has 2 rings (SSSR count).